The molecule has 2 aromatic rings. The van der Waals surface area contributed by atoms with Crippen LogP contribution in [0.4, 0.5) is 0 Å². The molecule has 0 unspecified atom stereocenters. The second-order valence-corrected chi connectivity index (χ2v) is 5.18. The highest BCUT2D eigenvalue weighted by molar-refractivity contribution is 6.04. The van der Waals surface area contributed by atoms with Crippen LogP contribution in [0.5, 0.6) is 11.5 Å². The first-order chi connectivity index (χ1) is 9.06. The number of fused-ring (bicyclic) bond motifs is 1. The van der Waals surface area contributed by atoms with Crippen molar-refractivity contribution in [1.29, 1.82) is 0 Å². The number of aromatic hydroxyl groups is 2. The lowest BCUT2D eigenvalue weighted by atomic mass is 9.99. The van der Waals surface area contributed by atoms with Crippen LogP contribution in [0, 0.1) is 5.92 Å². The average molecular weight is 257 g/mol. The second-order valence-electron chi connectivity index (χ2n) is 5.18. The Labute approximate surface area is 110 Å². The first kappa shape index (κ1) is 11.8. The third kappa shape index (κ3) is 1.89. The Morgan fingerprint density at radius 2 is 1.89 bits per heavy atom. The van der Waals surface area contributed by atoms with E-state index in [9.17, 15) is 15.0 Å². The molecule has 2 N–H and O–H groups in total. The molecule has 0 atom stereocenters. The summed E-state index contributed by atoms with van der Waals surface area (Å²) in [6, 6.07) is 8.16. The number of phenols is 2. The number of hydrogen-bond donors (Lipinski definition) is 2. The molecule has 1 saturated heterocycles. The maximum absolute atomic E-state index is 12.2. The number of likely N-dealkylation sites (tertiary alicyclic amines) is 1. The highest BCUT2D eigenvalue weighted by atomic mass is 16.3. The van der Waals surface area contributed by atoms with Crippen molar-refractivity contribution in [2.24, 2.45) is 5.92 Å². The van der Waals surface area contributed by atoms with Crippen LogP contribution in [0.3, 0.4) is 0 Å². The fourth-order valence-corrected chi connectivity index (χ4v) is 2.50. The summed E-state index contributed by atoms with van der Waals surface area (Å²) in [7, 11) is 0. The Morgan fingerprint density at radius 1 is 1.21 bits per heavy atom. The molecule has 1 aliphatic rings. The lowest BCUT2D eigenvalue weighted by molar-refractivity contribution is 0.0527. The predicted octanol–water partition coefficient (Wildman–Crippen LogP) is 2.34. The maximum Gasteiger partial charge on any atom is 0.257 e. The number of phenolic OH excluding ortho intramolecular Hbond substituents is 2. The van der Waals surface area contributed by atoms with E-state index in [0.717, 1.165) is 18.5 Å². The van der Waals surface area contributed by atoms with Gasteiger partial charge in [0.2, 0.25) is 0 Å². The number of hydrogen-bond acceptors (Lipinski definition) is 3. The van der Waals surface area contributed by atoms with Crippen LogP contribution in [0.25, 0.3) is 10.8 Å². The first-order valence-electron chi connectivity index (χ1n) is 6.30. The van der Waals surface area contributed by atoms with Crippen LogP contribution in [0.2, 0.25) is 0 Å². The van der Waals surface area contributed by atoms with Gasteiger partial charge in [-0.15, -0.1) is 0 Å². The Balaban J connectivity index is 2.04. The highest BCUT2D eigenvalue weighted by Crippen LogP contribution is 2.32. The van der Waals surface area contributed by atoms with Crippen LogP contribution >= 0.6 is 0 Å². The molecule has 1 heterocycles. The minimum Gasteiger partial charge on any atom is -0.508 e. The second kappa shape index (κ2) is 4.16. The van der Waals surface area contributed by atoms with Gasteiger partial charge >= 0.3 is 0 Å². The van der Waals surface area contributed by atoms with Gasteiger partial charge in [0.05, 0.1) is 5.56 Å². The molecule has 0 radical (unpaired) electrons. The lowest BCUT2D eigenvalue weighted by Gasteiger charge is -2.37. The van der Waals surface area contributed by atoms with Crippen molar-refractivity contribution in [3.05, 3.63) is 35.9 Å². The van der Waals surface area contributed by atoms with E-state index in [0.29, 0.717) is 16.9 Å². The van der Waals surface area contributed by atoms with E-state index in [2.05, 4.69) is 6.92 Å². The summed E-state index contributed by atoms with van der Waals surface area (Å²) in [5.41, 5.74) is 0.296. The van der Waals surface area contributed by atoms with Crippen molar-refractivity contribution in [2.45, 2.75) is 6.92 Å². The van der Waals surface area contributed by atoms with E-state index in [-0.39, 0.29) is 17.4 Å². The molecule has 1 amide bonds. The minimum absolute atomic E-state index is 0.0575. The van der Waals surface area contributed by atoms with Gasteiger partial charge in [-0.25, -0.2) is 0 Å². The molecule has 0 aliphatic carbocycles. The summed E-state index contributed by atoms with van der Waals surface area (Å²) in [6.45, 7) is 3.55. The van der Waals surface area contributed by atoms with Gasteiger partial charge in [-0.05, 0) is 29.5 Å². The van der Waals surface area contributed by atoms with E-state index in [1.165, 1.54) is 6.07 Å². The maximum atomic E-state index is 12.2. The third-order valence-electron chi connectivity index (χ3n) is 3.56. The van der Waals surface area contributed by atoms with E-state index >= 15 is 0 Å². The summed E-state index contributed by atoms with van der Waals surface area (Å²) in [6.07, 6.45) is 0. The summed E-state index contributed by atoms with van der Waals surface area (Å²) >= 11 is 0. The number of carbonyl (C=O) groups is 1. The van der Waals surface area contributed by atoms with Gasteiger partial charge < -0.3 is 15.1 Å². The molecule has 19 heavy (non-hydrogen) atoms. The van der Waals surface area contributed by atoms with Crippen LogP contribution in [0.15, 0.2) is 30.3 Å². The summed E-state index contributed by atoms with van der Waals surface area (Å²) in [5.74, 6) is 0.388. The third-order valence-corrected chi connectivity index (χ3v) is 3.56. The van der Waals surface area contributed by atoms with Crippen LogP contribution in [-0.4, -0.2) is 34.1 Å². The molecule has 0 saturated carbocycles. The molecule has 1 fully saturated rings. The lowest BCUT2D eigenvalue weighted by Crippen LogP contribution is -2.48. The van der Waals surface area contributed by atoms with Gasteiger partial charge in [-0.3, -0.25) is 4.79 Å². The molecule has 1 aliphatic heterocycles. The fourth-order valence-electron chi connectivity index (χ4n) is 2.50. The summed E-state index contributed by atoms with van der Waals surface area (Å²) in [4.78, 5) is 13.9. The molecular weight excluding hydrogens is 242 g/mol. The molecular formula is C15H15NO3. The van der Waals surface area contributed by atoms with Crippen LogP contribution in [0.1, 0.15) is 17.3 Å². The van der Waals surface area contributed by atoms with Gasteiger partial charge in [0.1, 0.15) is 11.5 Å². The first-order valence-corrected chi connectivity index (χ1v) is 6.30. The Hall–Kier alpha value is -2.23. The Kier molecular flexibility index (Phi) is 2.59. The van der Waals surface area contributed by atoms with Crippen molar-refractivity contribution in [3.8, 4) is 11.5 Å². The van der Waals surface area contributed by atoms with Crippen molar-refractivity contribution in [3.63, 3.8) is 0 Å². The molecule has 4 heteroatoms. The number of rotatable bonds is 1. The zero-order chi connectivity index (χ0) is 13.6. The molecule has 0 bridgehead atoms. The van der Waals surface area contributed by atoms with Gasteiger partial charge in [-0.2, -0.15) is 0 Å². The molecule has 3 rings (SSSR count). The van der Waals surface area contributed by atoms with Gasteiger partial charge in [-0.1, -0.05) is 19.1 Å². The zero-order valence-electron chi connectivity index (χ0n) is 10.6. The Bertz CT molecular complexity index is 660. The van der Waals surface area contributed by atoms with Gasteiger partial charge in [0.15, 0.2) is 0 Å². The fraction of sp³-hybridized carbons (Fsp3) is 0.267. The highest BCUT2D eigenvalue weighted by Gasteiger charge is 2.29. The predicted molar refractivity (Wildman–Crippen MR) is 72.3 cm³/mol. The standard InChI is InChI=1S/C15H15NO3/c1-9-7-16(8-9)15(19)12-5-3-10-2-4-11(17)6-13(10)14(12)18/h2-6,9,17-18H,7-8H2,1H3. The molecule has 0 spiro atoms. The normalized spacial score (nSPS) is 15.5. The Morgan fingerprint density at radius 3 is 2.58 bits per heavy atom. The monoisotopic (exact) mass is 257 g/mol. The van der Waals surface area contributed by atoms with Gasteiger partial charge in [0.25, 0.3) is 5.91 Å². The number of amides is 1. The van der Waals surface area contributed by atoms with Crippen molar-refractivity contribution in [2.75, 3.05) is 13.1 Å². The SMILES string of the molecule is CC1CN(C(=O)c2ccc3ccc(O)cc3c2O)C1. The van der Waals surface area contributed by atoms with Gasteiger partial charge in [0, 0.05) is 18.5 Å². The molecule has 4 nitrogen and oxygen atoms in total. The smallest absolute Gasteiger partial charge is 0.257 e. The number of carbonyl (C=O) groups excluding carboxylic acids is 1. The topological polar surface area (TPSA) is 60.8 Å². The van der Waals surface area contributed by atoms with Crippen LogP contribution in [-0.2, 0) is 0 Å². The molecule has 2 aromatic carbocycles. The van der Waals surface area contributed by atoms with Crippen molar-refractivity contribution >= 4 is 16.7 Å². The van der Waals surface area contributed by atoms with E-state index in [4.69, 9.17) is 0 Å². The molecule has 0 aromatic heterocycles. The van der Waals surface area contributed by atoms with Crippen molar-refractivity contribution < 1.29 is 15.0 Å². The largest absolute Gasteiger partial charge is 0.508 e. The number of benzene rings is 2. The molecule has 98 valence electrons. The zero-order valence-corrected chi connectivity index (χ0v) is 10.6. The van der Waals surface area contributed by atoms with E-state index in [1.807, 2.05) is 0 Å². The van der Waals surface area contributed by atoms with Crippen molar-refractivity contribution in [1.82, 2.24) is 4.90 Å². The van der Waals surface area contributed by atoms with E-state index < -0.39 is 0 Å². The number of nitrogens with zero attached hydrogens (tertiary/aromatic N) is 1. The minimum atomic E-state index is -0.152. The summed E-state index contributed by atoms with van der Waals surface area (Å²) < 4.78 is 0. The van der Waals surface area contributed by atoms with Crippen LogP contribution < -0.4 is 0 Å². The average Bonchev–Trinajstić information content (AvgIpc) is 2.35. The van der Waals surface area contributed by atoms with E-state index in [1.54, 1.807) is 29.2 Å². The summed E-state index contributed by atoms with van der Waals surface area (Å²) in [5, 5.41) is 21.0. The quantitative estimate of drug-likeness (QED) is 0.824.